The van der Waals surface area contributed by atoms with Crippen LogP contribution in [0.5, 0.6) is 0 Å². The van der Waals surface area contributed by atoms with Gasteiger partial charge in [0.2, 0.25) is 5.13 Å². The van der Waals surface area contributed by atoms with E-state index >= 15 is 0 Å². The average Bonchev–Trinajstić information content (AvgIpc) is 3.10. The van der Waals surface area contributed by atoms with Crippen LogP contribution in [0.3, 0.4) is 0 Å². The number of fused-ring (bicyclic) bond motifs is 1. The Morgan fingerprint density at radius 2 is 2.00 bits per heavy atom. The van der Waals surface area contributed by atoms with Crippen LogP contribution < -0.4 is 9.62 Å². The maximum atomic E-state index is 12.9. The molecular formula is C16H19F3N6O2S2. The fourth-order valence-corrected chi connectivity index (χ4v) is 4.20. The zero-order valence-electron chi connectivity index (χ0n) is 16.0. The standard InChI is InChI=1S/C16H19F3N6O2S2/c1-9-7-15(2,3)25(4)13-6-12(24-29(26,27)16(17,18)19)11(5-10(9)13)22-23-14-20-8-21-28-14/h5-6,8-9,24H,7H2,1-4H3. The van der Waals surface area contributed by atoms with Crippen molar-refractivity contribution in [3.05, 3.63) is 24.0 Å². The molecule has 158 valence electrons. The van der Waals surface area contributed by atoms with Gasteiger partial charge in [0.15, 0.2) is 0 Å². The number of anilines is 2. The molecule has 1 unspecified atom stereocenters. The summed E-state index contributed by atoms with van der Waals surface area (Å²) in [5, 5.41) is 7.98. The Labute approximate surface area is 170 Å². The number of sulfonamides is 1. The minimum Gasteiger partial charge on any atom is -0.369 e. The molecule has 0 saturated carbocycles. The number of hydrogen-bond acceptors (Lipinski definition) is 8. The minimum absolute atomic E-state index is 0.0354. The van der Waals surface area contributed by atoms with Crippen molar-refractivity contribution in [1.82, 2.24) is 9.36 Å². The summed E-state index contributed by atoms with van der Waals surface area (Å²) in [6, 6.07) is 2.93. The molecule has 3 rings (SSSR count). The van der Waals surface area contributed by atoms with Crippen molar-refractivity contribution >= 4 is 43.7 Å². The molecule has 0 spiro atoms. The Kier molecular flexibility index (Phi) is 5.32. The molecule has 1 aliphatic heterocycles. The van der Waals surface area contributed by atoms with Crippen molar-refractivity contribution in [2.24, 2.45) is 10.2 Å². The predicted molar refractivity (Wildman–Crippen MR) is 105 cm³/mol. The van der Waals surface area contributed by atoms with E-state index in [1.54, 1.807) is 10.8 Å². The molecule has 1 atom stereocenters. The second-order valence-electron chi connectivity index (χ2n) is 7.38. The van der Waals surface area contributed by atoms with Gasteiger partial charge in [0.05, 0.1) is 5.69 Å². The monoisotopic (exact) mass is 448 g/mol. The van der Waals surface area contributed by atoms with Crippen LogP contribution >= 0.6 is 11.5 Å². The maximum absolute atomic E-state index is 12.9. The van der Waals surface area contributed by atoms with Crippen LogP contribution in [-0.4, -0.2) is 35.9 Å². The summed E-state index contributed by atoms with van der Waals surface area (Å²) in [5.74, 6) is 0.0833. The second-order valence-corrected chi connectivity index (χ2v) is 9.81. The van der Waals surface area contributed by atoms with Gasteiger partial charge in [-0.3, -0.25) is 4.72 Å². The molecule has 0 radical (unpaired) electrons. The largest absolute Gasteiger partial charge is 0.516 e. The summed E-state index contributed by atoms with van der Waals surface area (Å²) in [6.07, 6.45) is 2.06. The van der Waals surface area contributed by atoms with Crippen LogP contribution in [0.25, 0.3) is 0 Å². The van der Waals surface area contributed by atoms with Gasteiger partial charge < -0.3 is 4.90 Å². The first-order valence-electron chi connectivity index (χ1n) is 8.51. The molecule has 29 heavy (non-hydrogen) atoms. The Morgan fingerprint density at radius 1 is 1.31 bits per heavy atom. The Balaban J connectivity index is 2.14. The highest BCUT2D eigenvalue weighted by atomic mass is 32.2. The van der Waals surface area contributed by atoms with Crippen LogP contribution in [0.2, 0.25) is 0 Å². The van der Waals surface area contributed by atoms with Crippen molar-refractivity contribution in [3.8, 4) is 0 Å². The molecule has 2 heterocycles. The van der Waals surface area contributed by atoms with E-state index in [4.69, 9.17) is 0 Å². The molecule has 0 fully saturated rings. The van der Waals surface area contributed by atoms with E-state index < -0.39 is 15.5 Å². The molecule has 1 aromatic carbocycles. The fraction of sp³-hybridized carbons (Fsp3) is 0.500. The van der Waals surface area contributed by atoms with Crippen molar-refractivity contribution in [2.45, 2.75) is 44.2 Å². The number of rotatable bonds is 4. The number of hydrogen-bond donors (Lipinski definition) is 1. The van der Waals surface area contributed by atoms with Crippen LogP contribution in [0.1, 0.15) is 38.7 Å². The Bertz CT molecular complexity index is 1040. The molecule has 0 amide bonds. The molecule has 0 bridgehead atoms. The first-order chi connectivity index (χ1) is 13.3. The average molecular weight is 448 g/mol. The van der Waals surface area contributed by atoms with Gasteiger partial charge in [-0.15, -0.1) is 10.2 Å². The van der Waals surface area contributed by atoms with E-state index in [2.05, 4.69) is 19.6 Å². The van der Waals surface area contributed by atoms with Crippen LogP contribution in [0.4, 0.5) is 35.4 Å². The first kappa shape index (κ1) is 21.4. The Hall–Kier alpha value is -2.28. The molecule has 0 aliphatic carbocycles. The quantitative estimate of drug-likeness (QED) is 0.668. The van der Waals surface area contributed by atoms with Crippen LogP contribution in [-0.2, 0) is 10.0 Å². The molecule has 8 nitrogen and oxygen atoms in total. The molecule has 13 heteroatoms. The van der Waals surface area contributed by atoms with Crippen molar-refractivity contribution in [2.75, 3.05) is 16.7 Å². The van der Waals surface area contributed by atoms with Crippen LogP contribution in [0, 0.1) is 0 Å². The third kappa shape index (κ3) is 4.20. The fourth-order valence-electron chi connectivity index (χ4n) is 3.28. The van der Waals surface area contributed by atoms with Gasteiger partial charge in [-0.1, -0.05) is 6.92 Å². The lowest BCUT2D eigenvalue weighted by Crippen LogP contribution is -2.45. The molecule has 2 aromatic rings. The number of nitrogens with one attached hydrogen (secondary N) is 1. The summed E-state index contributed by atoms with van der Waals surface area (Å²) < 4.78 is 67.6. The van der Waals surface area contributed by atoms with Gasteiger partial charge in [0.1, 0.15) is 12.0 Å². The molecule has 1 aliphatic rings. The SMILES string of the molecule is CC1CC(C)(C)N(C)c2cc(NS(=O)(=O)C(F)(F)F)c(N=Nc3ncns3)cc21. The van der Waals surface area contributed by atoms with Crippen molar-refractivity contribution < 1.29 is 21.6 Å². The van der Waals surface area contributed by atoms with Crippen molar-refractivity contribution in [3.63, 3.8) is 0 Å². The number of halogens is 3. The lowest BCUT2D eigenvalue weighted by atomic mass is 9.80. The third-order valence-corrected chi connectivity index (χ3v) is 6.54. The van der Waals surface area contributed by atoms with Gasteiger partial charge in [-0.05, 0) is 43.9 Å². The van der Waals surface area contributed by atoms with Gasteiger partial charge in [0.25, 0.3) is 0 Å². The zero-order valence-corrected chi connectivity index (χ0v) is 17.7. The number of nitrogens with zero attached hydrogens (tertiary/aromatic N) is 5. The molecular weight excluding hydrogens is 429 g/mol. The minimum atomic E-state index is -5.63. The van der Waals surface area contributed by atoms with E-state index in [1.165, 1.54) is 12.4 Å². The van der Waals surface area contributed by atoms with Gasteiger partial charge >= 0.3 is 15.5 Å². The molecule has 1 N–H and O–H groups in total. The van der Waals surface area contributed by atoms with E-state index in [9.17, 15) is 21.6 Å². The summed E-state index contributed by atoms with van der Waals surface area (Å²) in [7, 11) is -3.81. The normalized spacial score (nSPS) is 19.4. The number of aromatic nitrogens is 2. The van der Waals surface area contributed by atoms with Gasteiger partial charge in [-0.25, -0.2) is 4.98 Å². The number of alkyl halides is 3. The Morgan fingerprint density at radius 3 is 2.59 bits per heavy atom. The zero-order chi connectivity index (χ0) is 21.6. The lowest BCUT2D eigenvalue weighted by Gasteiger charge is -2.45. The summed E-state index contributed by atoms with van der Waals surface area (Å²) in [4.78, 5) is 5.74. The van der Waals surface area contributed by atoms with Crippen molar-refractivity contribution in [1.29, 1.82) is 0 Å². The number of benzene rings is 1. The van der Waals surface area contributed by atoms with E-state index in [0.717, 1.165) is 23.5 Å². The van der Waals surface area contributed by atoms with E-state index in [1.807, 2.05) is 32.7 Å². The summed E-state index contributed by atoms with van der Waals surface area (Å²) in [5.41, 5.74) is -4.61. The van der Waals surface area contributed by atoms with E-state index in [0.29, 0.717) is 5.69 Å². The third-order valence-electron chi connectivity index (χ3n) is 4.89. The molecule has 0 saturated heterocycles. The predicted octanol–water partition coefficient (Wildman–Crippen LogP) is 4.94. The van der Waals surface area contributed by atoms with Crippen LogP contribution in [0.15, 0.2) is 28.7 Å². The summed E-state index contributed by atoms with van der Waals surface area (Å²) in [6.45, 7) is 6.02. The highest BCUT2D eigenvalue weighted by Crippen LogP contribution is 2.47. The lowest BCUT2D eigenvalue weighted by molar-refractivity contribution is -0.0429. The van der Waals surface area contributed by atoms with Gasteiger partial charge in [-0.2, -0.15) is 26.0 Å². The maximum Gasteiger partial charge on any atom is 0.516 e. The van der Waals surface area contributed by atoms with E-state index in [-0.39, 0.29) is 28.0 Å². The smallest absolute Gasteiger partial charge is 0.369 e. The first-order valence-corrected chi connectivity index (χ1v) is 10.8. The van der Waals surface area contributed by atoms with Gasteiger partial charge in [0, 0.05) is 29.8 Å². The topological polar surface area (TPSA) is 99.9 Å². The number of azo groups is 1. The second kappa shape index (κ2) is 7.20. The highest BCUT2D eigenvalue weighted by Gasteiger charge is 2.46. The molecule has 1 aromatic heterocycles. The highest BCUT2D eigenvalue weighted by molar-refractivity contribution is 7.93. The summed E-state index contributed by atoms with van der Waals surface area (Å²) >= 11 is 0.946.